The van der Waals surface area contributed by atoms with Crippen molar-refractivity contribution >= 4 is 17.6 Å². The molecule has 0 heterocycles. The number of nitrogens with two attached hydrogens (primary N) is 2. The summed E-state index contributed by atoms with van der Waals surface area (Å²) < 4.78 is 11.6. The van der Waals surface area contributed by atoms with E-state index < -0.39 is 11.0 Å². The summed E-state index contributed by atoms with van der Waals surface area (Å²) in [5.41, 5.74) is 16.1. The Morgan fingerprint density at radius 2 is 1.73 bits per heavy atom. The van der Waals surface area contributed by atoms with Gasteiger partial charge in [-0.05, 0) is 75.8 Å². The first kappa shape index (κ1) is 25.0. The summed E-state index contributed by atoms with van der Waals surface area (Å²) in [5, 5.41) is 0. The van der Waals surface area contributed by atoms with Crippen molar-refractivity contribution in [2.75, 3.05) is 13.2 Å². The zero-order valence-electron chi connectivity index (χ0n) is 20.4. The number of fused-ring (bicyclic) bond motifs is 1. The zero-order chi connectivity index (χ0) is 24.1. The average Bonchev–Trinajstić information content (AvgIpc) is 2.78. The van der Waals surface area contributed by atoms with E-state index in [9.17, 15) is 4.79 Å². The van der Waals surface area contributed by atoms with Gasteiger partial charge in [-0.1, -0.05) is 42.5 Å². The maximum Gasteiger partial charge on any atom is 0.313 e. The molecule has 0 saturated heterocycles. The van der Waals surface area contributed by atoms with Crippen LogP contribution in [0.2, 0.25) is 0 Å². The molecule has 0 aliphatic heterocycles. The molecule has 0 bridgehead atoms. The lowest BCUT2D eigenvalue weighted by molar-refractivity contribution is -0.155. The van der Waals surface area contributed by atoms with E-state index in [1.807, 2.05) is 45.9 Å². The van der Waals surface area contributed by atoms with E-state index in [-0.39, 0.29) is 12.0 Å². The number of hydrogen-bond acceptors (Lipinski definition) is 5. The summed E-state index contributed by atoms with van der Waals surface area (Å²) in [4.78, 5) is 12.6. The third kappa shape index (κ3) is 6.68. The molecule has 1 aliphatic carbocycles. The van der Waals surface area contributed by atoms with Crippen LogP contribution >= 0.6 is 0 Å². The van der Waals surface area contributed by atoms with Gasteiger partial charge in [-0.15, -0.1) is 0 Å². The molecule has 0 aromatic heterocycles. The summed E-state index contributed by atoms with van der Waals surface area (Å²) >= 11 is 0. The Bertz CT molecular complexity index is 974. The predicted molar refractivity (Wildman–Crippen MR) is 135 cm³/mol. The standard InChI is InChI=1S/C28H38N2O3/c1-27(2,30)19-25(29)28(3,4)26(31)33-17-9-16-32-24-13-8-12-21-14-15-22(18-23(21)24)20-10-6-5-7-11-20/h5-8,10-13,18,25H,9,14-17,19,29-30H2,1-4H3. The van der Waals surface area contributed by atoms with E-state index in [0.29, 0.717) is 26.1 Å². The molecule has 5 nitrogen and oxygen atoms in total. The van der Waals surface area contributed by atoms with Crippen LogP contribution in [0.15, 0.2) is 48.5 Å². The summed E-state index contributed by atoms with van der Waals surface area (Å²) in [5.74, 6) is 0.575. The van der Waals surface area contributed by atoms with Gasteiger partial charge < -0.3 is 20.9 Å². The zero-order valence-corrected chi connectivity index (χ0v) is 20.4. The van der Waals surface area contributed by atoms with Crippen molar-refractivity contribution < 1.29 is 14.3 Å². The Hall–Kier alpha value is -2.63. The average molecular weight is 451 g/mol. The molecule has 0 saturated carbocycles. The van der Waals surface area contributed by atoms with Gasteiger partial charge in [0.15, 0.2) is 0 Å². The minimum atomic E-state index is -0.797. The lowest BCUT2D eigenvalue weighted by Crippen LogP contribution is -2.50. The topological polar surface area (TPSA) is 87.6 Å². The van der Waals surface area contributed by atoms with Gasteiger partial charge in [0, 0.05) is 23.6 Å². The van der Waals surface area contributed by atoms with E-state index in [0.717, 1.165) is 24.2 Å². The van der Waals surface area contributed by atoms with Gasteiger partial charge in [0.05, 0.1) is 18.6 Å². The van der Waals surface area contributed by atoms with Crippen LogP contribution in [0.5, 0.6) is 5.75 Å². The Morgan fingerprint density at radius 3 is 2.42 bits per heavy atom. The van der Waals surface area contributed by atoms with E-state index in [1.54, 1.807) is 0 Å². The van der Waals surface area contributed by atoms with Gasteiger partial charge in [-0.2, -0.15) is 0 Å². The first-order chi connectivity index (χ1) is 15.6. The Balaban J connectivity index is 1.53. The second kappa shape index (κ2) is 10.5. The predicted octanol–water partition coefficient (Wildman–Crippen LogP) is 4.97. The van der Waals surface area contributed by atoms with E-state index in [1.165, 1.54) is 16.7 Å². The maximum absolute atomic E-state index is 12.6. The van der Waals surface area contributed by atoms with Crippen LogP contribution in [-0.2, 0) is 16.0 Å². The molecule has 0 spiro atoms. The van der Waals surface area contributed by atoms with Crippen molar-refractivity contribution in [2.24, 2.45) is 16.9 Å². The van der Waals surface area contributed by atoms with Crippen molar-refractivity contribution in [1.82, 2.24) is 0 Å². The van der Waals surface area contributed by atoms with Crippen molar-refractivity contribution in [1.29, 1.82) is 0 Å². The number of rotatable bonds is 10. The third-order valence-corrected chi connectivity index (χ3v) is 6.26. The van der Waals surface area contributed by atoms with Gasteiger partial charge >= 0.3 is 5.97 Å². The highest BCUT2D eigenvalue weighted by Crippen LogP contribution is 2.35. The summed E-state index contributed by atoms with van der Waals surface area (Å²) in [6, 6.07) is 16.3. The van der Waals surface area contributed by atoms with E-state index in [4.69, 9.17) is 20.9 Å². The fourth-order valence-corrected chi connectivity index (χ4v) is 4.06. The van der Waals surface area contributed by atoms with E-state index in [2.05, 4.69) is 36.4 Å². The number of allylic oxidation sites excluding steroid dienone is 1. The molecule has 0 fully saturated rings. The van der Waals surface area contributed by atoms with Gasteiger partial charge in [-0.25, -0.2) is 0 Å². The number of aryl methyl sites for hydroxylation is 1. The first-order valence-corrected chi connectivity index (χ1v) is 11.8. The number of esters is 1. The number of carbonyl (C=O) groups excluding carboxylic acids is 1. The Kier molecular flexibility index (Phi) is 7.98. The molecule has 0 amide bonds. The lowest BCUT2D eigenvalue weighted by atomic mass is 9.79. The first-order valence-electron chi connectivity index (χ1n) is 11.8. The minimum absolute atomic E-state index is 0.293. The smallest absolute Gasteiger partial charge is 0.313 e. The number of ether oxygens (including phenoxy) is 2. The molecular formula is C28H38N2O3. The summed E-state index contributed by atoms with van der Waals surface area (Å²) in [6.07, 6.45) is 5.41. The molecule has 1 atom stereocenters. The normalized spacial score (nSPS) is 14.8. The molecule has 4 N–H and O–H groups in total. The fraction of sp³-hybridized carbons (Fsp3) is 0.464. The van der Waals surface area contributed by atoms with Crippen LogP contribution in [0.1, 0.15) is 63.6 Å². The van der Waals surface area contributed by atoms with Crippen molar-refractivity contribution in [3.8, 4) is 5.75 Å². The molecule has 1 aliphatic rings. The van der Waals surface area contributed by atoms with E-state index >= 15 is 0 Å². The summed E-state index contributed by atoms with van der Waals surface area (Å²) in [7, 11) is 0. The third-order valence-electron chi connectivity index (χ3n) is 6.26. The minimum Gasteiger partial charge on any atom is -0.493 e. The largest absolute Gasteiger partial charge is 0.493 e. The highest BCUT2D eigenvalue weighted by molar-refractivity contribution is 5.86. The van der Waals surface area contributed by atoms with Crippen LogP contribution in [0.25, 0.3) is 11.6 Å². The van der Waals surface area contributed by atoms with Crippen molar-refractivity contribution in [3.05, 3.63) is 65.2 Å². The molecule has 178 valence electrons. The fourth-order valence-electron chi connectivity index (χ4n) is 4.06. The number of carbonyl (C=O) groups is 1. The lowest BCUT2D eigenvalue weighted by Gasteiger charge is -2.33. The maximum atomic E-state index is 12.6. The molecule has 3 rings (SSSR count). The molecule has 5 heteroatoms. The molecule has 1 unspecified atom stereocenters. The molecule has 33 heavy (non-hydrogen) atoms. The van der Waals surface area contributed by atoms with Gasteiger partial charge in [-0.3, -0.25) is 4.79 Å². The van der Waals surface area contributed by atoms with Crippen LogP contribution in [-0.4, -0.2) is 30.8 Å². The summed E-state index contributed by atoms with van der Waals surface area (Å²) in [6.45, 7) is 8.21. The Labute approximate surface area is 198 Å². The quantitative estimate of drug-likeness (QED) is 0.394. The van der Waals surface area contributed by atoms with Crippen LogP contribution in [0, 0.1) is 5.41 Å². The van der Waals surface area contributed by atoms with Crippen molar-refractivity contribution in [3.63, 3.8) is 0 Å². The molecule has 0 radical (unpaired) electrons. The monoisotopic (exact) mass is 450 g/mol. The van der Waals surface area contributed by atoms with Gasteiger partial charge in [0.2, 0.25) is 0 Å². The molecular weight excluding hydrogens is 412 g/mol. The molecule has 2 aromatic rings. The van der Waals surface area contributed by atoms with Crippen LogP contribution in [0.4, 0.5) is 0 Å². The highest BCUT2D eigenvalue weighted by atomic mass is 16.5. The second-order valence-electron chi connectivity index (χ2n) is 10.2. The van der Waals surface area contributed by atoms with Crippen molar-refractivity contribution in [2.45, 2.75) is 65.0 Å². The highest BCUT2D eigenvalue weighted by Gasteiger charge is 2.38. The number of benzene rings is 2. The van der Waals surface area contributed by atoms with Crippen LogP contribution < -0.4 is 16.2 Å². The van der Waals surface area contributed by atoms with Gasteiger partial charge in [0.25, 0.3) is 0 Å². The van der Waals surface area contributed by atoms with Crippen LogP contribution in [0.3, 0.4) is 0 Å². The molecule has 2 aromatic carbocycles. The SMILES string of the molecule is CC(C)(N)CC(N)C(C)(C)C(=O)OCCCOc1cccc2c1C=C(c1ccccc1)CC2. The number of hydrogen-bond donors (Lipinski definition) is 2. The van der Waals surface area contributed by atoms with Gasteiger partial charge in [0.1, 0.15) is 5.75 Å². The Morgan fingerprint density at radius 1 is 1.00 bits per heavy atom. The second-order valence-corrected chi connectivity index (χ2v) is 10.2.